The molecule has 5 atom stereocenters. The number of carbonyl (C=O) groups is 2. The largest absolute Gasteiger partial charge is 0.416 e. The Morgan fingerprint density at radius 2 is 1.84 bits per heavy atom. The Hall–Kier alpha value is -2.32. The molecule has 1 aromatic carbocycles. The average Bonchev–Trinajstić information content (AvgIpc) is 3.41. The van der Waals surface area contributed by atoms with Crippen LogP contribution in [0.5, 0.6) is 0 Å². The molecule has 2 heterocycles. The Morgan fingerprint density at radius 3 is 2.50 bits per heavy atom. The fraction of sp³-hybridized carbons (Fsp3) is 0.478. The minimum atomic E-state index is -4.60. The predicted molar refractivity (Wildman–Crippen MR) is 113 cm³/mol. The van der Waals surface area contributed by atoms with E-state index in [-0.39, 0.29) is 34.8 Å². The zero-order chi connectivity index (χ0) is 23.2. The van der Waals surface area contributed by atoms with Gasteiger partial charge in [-0.2, -0.15) is 13.2 Å². The van der Waals surface area contributed by atoms with Crippen LogP contribution in [0.4, 0.5) is 13.2 Å². The van der Waals surface area contributed by atoms with Gasteiger partial charge in [-0.05, 0) is 44.4 Å². The lowest BCUT2D eigenvalue weighted by molar-refractivity contribution is -0.128. The molecule has 2 saturated heterocycles. The maximum Gasteiger partial charge on any atom is 0.416 e. The zero-order valence-electron chi connectivity index (χ0n) is 17.6. The van der Waals surface area contributed by atoms with E-state index in [1.165, 1.54) is 0 Å². The Morgan fingerprint density at radius 1 is 1.16 bits per heavy atom. The molecule has 2 fully saturated rings. The van der Waals surface area contributed by atoms with Gasteiger partial charge in [0, 0.05) is 22.6 Å². The summed E-state index contributed by atoms with van der Waals surface area (Å²) in [6.07, 6.45) is -2.00. The van der Waals surface area contributed by atoms with Crippen molar-refractivity contribution < 1.29 is 27.5 Å². The van der Waals surface area contributed by atoms with E-state index in [2.05, 4.69) is 10.6 Å². The second-order valence-electron chi connectivity index (χ2n) is 8.70. The quantitative estimate of drug-likeness (QED) is 0.685. The number of rotatable bonds is 5. The minimum absolute atomic E-state index is 0.0591. The van der Waals surface area contributed by atoms with Crippen molar-refractivity contribution in [1.82, 2.24) is 10.6 Å². The molecule has 0 saturated carbocycles. The molecule has 2 amide bonds. The van der Waals surface area contributed by atoms with Gasteiger partial charge in [-0.15, -0.1) is 0 Å². The van der Waals surface area contributed by atoms with E-state index < -0.39 is 35.5 Å². The summed E-state index contributed by atoms with van der Waals surface area (Å²) >= 11 is 6.23. The molecule has 5 nitrogen and oxygen atoms in total. The zero-order valence-corrected chi connectivity index (χ0v) is 18.3. The number of amides is 2. The fourth-order valence-corrected chi connectivity index (χ4v) is 5.01. The SMILES string of the molecule is CC(C)NC(=O)[C@@H]1[C@H](NC(=O)C2=CC(C(F)(F)F)=CC2c2ccccc2Cl)[C@@H]2CC[C@H]1O2. The number of alkyl halides is 3. The third kappa shape index (κ3) is 4.30. The van der Waals surface area contributed by atoms with Crippen LogP contribution in [0, 0.1) is 5.92 Å². The highest BCUT2D eigenvalue weighted by Crippen LogP contribution is 2.43. The second kappa shape index (κ2) is 8.56. The third-order valence-corrected chi connectivity index (χ3v) is 6.47. The average molecular weight is 469 g/mol. The van der Waals surface area contributed by atoms with Gasteiger partial charge in [0.2, 0.25) is 11.8 Å². The number of hydrogen-bond acceptors (Lipinski definition) is 3. The van der Waals surface area contributed by atoms with Crippen LogP contribution in [0.1, 0.15) is 38.2 Å². The van der Waals surface area contributed by atoms with Gasteiger partial charge in [-0.1, -0.05) is 35.9 Å². The van der Waals surface area contributed by atoms with Crippen LogP contribution in [0.25, 0.3) is 0 Å². The summed E-state index contributed by atoms with van der Waals surface area (Å²) in [5.41, 5.74) is -0.546. The van der Waals surface area contributed by atoms with Crippen LogP contribution in [0.2, 0.25) is 5.02 Å². The van der Waals surface area contributed by atoms with E-state index in [1.54, 1.807) is 24.3 Å². The van der Waals surface area contributed by atoms with Crippen molar-refractivity contribution in [3.63, 3.8) is 0 Å². The molecule has 9 heteroatoms. The fourth-order valence-electron chi connectivity index (χ4n) is 4.75. The van der Waals surface area contributed by atoms with E-state index in [0.29, 0.717) is 18.4 Å². The van der Waals surface area contributed by atoms with Crippen LogP contribution < -0.4 is 10.6 Å². The van der Waals surface area contributed by atoms with Gasteiger partial charge in [0.1, 0.15) is 0 Å². The summed E-state index contributed by atoms with van der Waals surface area (Å²) in [6, 6.07) is 5.81. The van der Waals surface area contributed by atoms with Gasteiger partial charge in [0.15, 0.2) is 0 Å². The van der Waals surface area contributed by atoms with Gasteiger partial charge in [0.05, 0.1) is 29.7 Å². The Kier molecular flexibility index (Phi) is 6.11. The topological polar surface area (TPSA) is 67.4 Å². The molecule has 2 aliphatic heterocycles. The van der Waals surface area contributed by atoms with Crippen molar-refractivity contribution >= 4 is 23.4 Å². The van der Waals surface area contributed by atoms with Gasteiger partial charge in [-0.25, -0.2) is 0 Å². The number of allylic oxidation sites excluding steroid dienone is 3. The molecule has 4 rings (SSSR count). The molecule has 0 radical (unpaired) electrons. The standard InChI is InChI=1S/C23H24ClF3N2O3/c1-11(2)28-22(31)19-17-7-8-18(32-17)20(19)29-21(30)15-10-12(23(25,26)27)9-14(15)13-5-3-4-6-16(13)24/h3-6,9-11,14,17-20H,7-8H2,1-2H3,(H,28,31)(H,29,30)/t14?,17-,18+,19+,20-/m1/s1. The van der Waals surface area contributed by atoms with E-state index in [1.807, 2.05) is 13.8 Å². The number of benzene rings is 1. The monoisotopic (exact) mass is 468 g/mol. The number of carbonyl (C=O) groups excluding carboxylic acids is 2. The summed E-state index contributed by atoms with van der Waals surface area (Å²) in [4.78, 5) is 26.0. The highest BCUT2D eigenvalue weighted by molar-refractivity contribution is 6.31. The first-order valence-corrected chi connectivity index (χ1v) is 11.0. The van der Waals surface area contributed by atoms with Crippen molar-refractivity contribution in [3.05, 3.63) is 58.1 Å². The van der Waals surface area contributed by atoms with Gasteiger partial charge >= 0.3 is 6.18 Å². The third-order valence-electron chi connectivity index (χ3n) is 6.13. The smallest absolute Gasteiger partial charge is 0.372 e. The molecule has 1 unspecified atom stereocenters. The molecule has 0 spiro atoms. The van der Waals surface area contributed by atoms with Crippen molar-refractivity contribution in [3.8, 4) is 0 Å². The van der Waals surface area contributed by atoms with Crippen molar-refractivity contribution in [1.29, 1.82) is 0 Å². The summed E-state index contributed by atoms with van der Waals surface area (Å²) in [7, 11) is 0. The molecule has 1 aliphatic carbocycles. The highest BCUT2D eigenvalue weighted by Gasteiger charge is 2.53. The number of halogens is 4. The maximum absolute atomic E-state index is 13.5. The summed E-state index contributed by atoms with van der Waals surface area (Å²) in [5, 5.41) is 5.93. The molecule has 2 bridgehead atoms. The van der Waals surface area contributed by atoms with Gasteiger partial charge < -0.3 is 15.4 Å². The first-order chi connectivity index (χ1) is 15.1. The van der Waals surface area contributed by atoms with Crippen LogP contribution in [-0.4, -0.2) is 42.3 Å². The van der Waals surface area contributed by atoms with Gasteiger partial charge in [-0.3, -0.25) is 9.59 Å². The van der Waals surface area contributed by atoms with Crippen LogP contribution in [0.15, 0.2) is 47.6 Å². The predicted octanol–water partition coefficient (Wildman–Crippen LogP) is 4.04. The normalized spacial score (nSPS) is 29.2. The molecule has 2 N–H and O–H groups in total. The van der Waals surface area contributed by atoms with Crippen molar-refractivity contribution in [2.75, 3.05) is 0 Å². The summed E-state index contributed by atoms with van der Waals surface area (Å²) < 4.78 is 46.2. The molecular formula is C23H24ClF3N2O3. The van der Waals surface area contributed by atoms with Crippen molar-refractivity contribution in [2.45, 2.75) is 63.1 Å². The molecule has 3 aliphatic rings. The Labute approximate surface area is 189 Å². The molecule has 1 aromatic rings. The van der Waals surface area contributed by atoms with Crippen LogP contribution in [-0.2, 0) is 14.3 Å². The van der Waals surface area contributed by atoms with Crippen LogP contribution >= 0.6 is 11.6 Å². The lowest BCUT2D eigenvalue weighted by atomic mass is 9.83. The maximum atomic E-state index is 13.5. The molecule has 32 heavy (non-hydrogen) atoms. The lowest BCUT2D eigenvalue weighted by Gasteiger charge is -2.29. The Balaban J connectivity index is 1.61. The van der Waals surface area contributed by atoms with E-state index in [0.717, 1.165) is 12.2 Å². The number of ether oxygens (including phenoxy) is 1. The van der Waals surface area contributed by atoms with Gasteiger partial charge in [0.25, 0.3) is 0 Å². The number of nitrogens with one attached hydrogen (secondary N) is 2. The number of fused-ring (bicyclic) bond motifs is 2. The first-order valence-electron chi connectivity index (χ1n) is 10.6. The number of hydrogen-bond donors (Lipinski definition) is 2. The minimum Gasteiger partial charge on any atom is -0.372 e. The Bertz CT molecular complexity index is 989. The highest BCUT2D eigenvalue weighted by atomic mass is 35.5. The molecule has 0 aromatic heterocycles. The second-order valence-corrected chi connectivity index (χ2v) is 9.10. The van der Waals surface area contributed by atoms with E-state index >= 15 is 0 Å². The van der Waals surface area contributed by atoms with E-state index in [4.69, 9.17) is 16.3 Å². The van der Waals surface area contributed by atoms with Crippen LogP contribution in [0.3, 0.4) is 0 Å². The molecule has 172 valence electrons. The lowest BCUT2D eigenvalue weighted by Crippen LogP contribution is -2.53. The summed E-state index contributed by atoms with van der Waals surface area (Å²) in [6.45, 7) is 3.67. The van der Waals surface area contributed by atoms with Crippen molar-refractivity contribution in [2.24, 2.45) is 5.92 Å². The molecular weight excluding hydrogens is 445 g/mol. The summed E-state index contributed by atoms with van der Waals surface area (Å²) in [5.74, 6) is -2.41. The van der Waals surface area contributed by atoms with E-state index in [9.17, 15) is 22.8 Å². The first kappa shape index (κ1) is 22.9.